The van der Waals surface area contributed by atoms with E-state index in [2.05, 4.69) is 144 Å². The Hall–Kier alpha value is -6.57. The van der Waals surface area contributed by atoms with Crippen molar-refractivity contribution < 1.29 is 9.47 Å². The lowest BCUT2D eigenvalue weighted by molar-refractivity contribution is 0.415. The van der Waals surface area contributed by atoms with Crippen LogP contribution in [0.25, 0.3) is 38.6 Å². The molecule has 0 aliphatic heterocycles. The van der Waals surface area contributed by atoms with E-state index in [0.29, 0.717) is 5.56 Å². The van der Waals surface area contributed by atoms with E-state index in [1.807, 2.05) is 36.4 Å². The van der Waals surface area contributed by atoms with Crippen molar-refractivity contribution >= 4 is 21.8 Å². The summed E-state index contributed by atoms with van der Waals surface area (Å²) in [7, 11) is 3.40. The number of rotatable bonds is 8. The molecule has 0 aliphatic carbocycles. The molecule has 0 bridgehead atoms. The second-order valence-corrected chi connectivity index (χ2v) is 12.4. The van der Waals surface area contributed by atoms with Gasteiger partial charge in [-0.3, -0.25) is 0 Å². The molecule has 0 aliphatic rings. The van der Waals surface area contributed by atoms with E-state index < -0.39 is 5.41 Å². The highest BCUT2D eigenvalue weighted by molar-refractivity contribution is 6.10. The van der Waals surface area contributed by atoms with Gasteiger partial charge in [-0.1, -0.05) is 115 Å². The molecule has 8 rings (SSSR count). The average molecular weight is 647 g/mol. The SMILES string of the molecule is COc1ccc2c(c1)c1cc(OC)ccc1n2-c1ccc(C(c2ccccc2)(c2ccccc2)c2ccc(-c3ccccc3C#N)cc2)cc1. The summed E-state index contributed by atoms with van der Waals surface area (Å²) in [5, 5.41) is 12.0. The van der Waals surface area contributed by atoms with Crippen molar-refractivity contribution in [2.75, 3.05) is 14.2 Å². The van der Waals surface area contributed by atoms with Crippen LogP contribution in [0.3, 0.4) is 0 Å². The van der Waals surface area contributed by atoms with Gasteiger partial charge in [-0.15, -0.1) is 0 Å². The third kappa shape index (κ3) is 5.00. The maximum atomic E-state index is 9.80. The lowest BCUT2D eigenvalue weighted by atomic mass is 9.65. The fraction of sp³-hybridized carbons (Fsp3) is 0.0652. The molecule has 0 saturated heterocycles. The fourth-order valence-corrected chi connectivity index (χ4v) is 7.48. The summed E-state index contributed by atoms with van der Waals surface area (Å²) in [6.45, 7) is 0. The first-order chi connectivity index (χ1) is 24.6. The molecule has 0 N–H and O–H groups in total. The van der Waals surface area contributed by atoms with Crippen LogP contribution in [0, 0.1) is 11.3 Å². The minimum atomic E-state index is -0.615. The lowest BCUT2D eigenvalue weighted by Gasteiger charge is -2.37. The molecule has 0 saturated carbocycles. The monoisotopic (exact) mass is 646 g/mol. The minimum Gasteiger partial charge on any atom is -0.497 e. The van der Waals surface area contributed by atoms with E-state index in [4.69, 9.17) is 9.47 Å². The summed E-state index contributed by atoms with van der Waals surface area (Å²) >= 11 is 0. The molecule has 0 amide bonds. The minimum absolute atomic E-state index is 0.615. The molecule has 1 heterocycles. The summed E-state index contributed by atoms with van der Waals surface area (Å²) < 4.78 is 13.5. The first-order valence-electron chi connectivity index (χ1n) is 16.6. The molecule has 0 atom stereocenters. The van der Waals surface area contributed by atoms with E-state index in [9.17, 15) is 5.26 Å². The summed E-state index contributed by atoms with van der Waals surface area (Å²) in [5.74, 6) is 1.62. The maximum absolute atomic E-state index is 9.80. The highest BCUT2D eigenvalue weighted by Crippen LogP contribution is 2.46. The molecule has 0 unspecified atom stereocenters. The summed E-state index contributed by atoms with van der Waals surface area (Å²) in [6.07, 6.45) is 0. The van der Waals surface area contributed by atoms with Gasteiger partial charge in [-0.05, 0) is 88.0 Å². The maximum Gasteiger partial charge on any atom is 0.119 e. The fourth-order valence-electron chi connectivity index (χ4n) is 7.48. The Kier molecular flexibility index (Phi) is 7.87. The van der Waals surface area contributed by atoms with Crippen molar-refractivity contribution in [2.24, 2.45) is 0 Å². The van der Waals surface area contributed by atoms with Crippen LogP contribution in [-0.4, -0.2) is 18.8 Å². The van der Waals surface area contributed by atoms with Crippen LogP contribution < -0.4 is 9.47 Å². The number of ether oxygens (including phenoxy) is 2. The summed E-state index contributed by atoms with van der Waals surface area (Å²) in [4.78, 5) is 0. The van der Waals surface area contributed by atoms with Crippen molar-refractivity contribution in [1.29, 1.82) is 5.26 Å². The molecule has 240 valence electrons. The number of nitriles is 1. The van der Waals surface area contributed by atoms with E-state index in [1.54, 1.807) is 14.2 Å². The van der Waals surface area contributed by atoms with Gasteiger partial charge in [0.15, 0.2) is 0 Å². The van der Waals surface area contributed by atoms with Gasteiger partial charge in [0.25, 0.3) is 0 Å². The normalized spacial score (nSPS) is 11.4. The van der Waals surface area contributed by atoms with Crippen LogP contribution in [0.4, 0.5) is 0 Å². The average Bonchev–Trinajstić information content (AvgIpc) is 3.52. The van der Waals surface area contributed by atoms with Crippen LogP contribution in [0.1, 0.15) is 27.8 Å². The highest BCUT2D eigenvalue weighted by atomic mass is 16.5. The molecular formula is C46H34N2O2. The van der Waals surface area contributed by atoms with Crippen molar-refractivity contribution in [1.82, 2.24) is 4.57 Å². The quantitative estimate of drug-likeness (QED) is 0.154. The van der Waals surface area contributed by atoms with Crippen LogP contribution in [0.5, 0.6) is 11.5 Å². The number of benzene rings is 7. The van der Waals surface area contributed by atoms with Gasteiger partial charge in [-0.2, -0.15) is 5.26 Å². The number of nitrogens with zero attached hydrogens (tertiary/aromatic N) is 2. The molecule has 0 radical (unpaired) electrons. The van der Waals surface area contributed by atoms with Crippen LogP contribution in [0.2, 0.25) is 0 Å². The van der Waals surface area contributed by atoms with Gasteiger partial charge >= 0.3 is 0 Å². The third-order valence-corrected chi connectivity index (χ3v) is 9.83. The van der Waals surface area contributed by atoms with Crippen LogP contribution in [0.15, 0.2) is 170 Å². The second-order valence-electron chi connectivity index (χ2n) is 12.4. The van der Waals surface area contributed by atoms with Gasteiger partial charge in [0.1, 0.15) is 11.5 Å². The van der Waals surface area contributed by atoms with Gasteiger partial charge in [0, 0.05) is 16.5 Å². The van der Waals surface area contributed by atoms with Crippen molar-refractivity contribution in [2.45, 2.75) is 5.41 Å². The molecule has 50 heavy (non-hydrogen) atoms. The predicted molar refractivity (Wildman–Crippen MR) is 202 cm³/mol. The second kappa shape index (κ2) is 12.8. The Morgan fingerprint density at radius 3 is 1.46 bits per heavy atom. The van der Waals surface area contributed by atoms with Crippen molar-refractivity contribution in [3.05, 3.63) is 198 Å². The third-order valence-electron chi connectivity index (χ3n) is 9.83. The van der Waals surface area contributed by atoms with E-state index in [0.717, 1.165) is 61.2 Å². The molecule has 4 heteroatoms. The Balaban J connectivity index is 1.34. The van der Waals surface area contributed by atoms with Crippen molar-refractivity contribution in [3.63, 3.8) is 0 Å². The van der Waals surface area contributed by atoms with Crippen LogP contribution >= 0.6 is 0 Å². The lowest BCUT2D eigenvalue weighted by Crippen LogP contribution is -2.31. The Morgan fingerprint density at radius 1 is 0.500 bits per heavy atom. The van der Waals surface area contributed by atoms with Gasteiger partial charge in [0.05, 0.1) is 42.3 Å². The summed E-state index contributed by atoms with van der Waals surface area (Å²) in [5.41, 5.74) is 9.84. The standard InChI is InChI=1S/C46H34N2O2/c1-49-39-25-27-44-42(29-39)43-30-40(50-2)26-28-45(43)48(44)38-23-21-37(22-24-38)46(34-12-5-3-6-13-34,35-14-7-4-8-15-35)36-19-17-32(18-20-36)41-16-10-9-11-33(41)31-47/h3-30H,1-2H3. The number of hydrogen-bond donors (Lipinski definition) is 0. The first-order valence-corrected chi connectivity index (χ1v) is 16.6. The molecule has 0 spiro atoms. The smallest absolute Gasteiger partial charge is 0.119 e. The predicted octanol–water partition coefficient (Wildman–Crippen LogP) is 10.7. The molecule has 1 aromatic heterocycles. The number of methoxy groups -OCH3 is 2. The van der Waals surface area contributed by atoms with Gasteiger partial charge < -0.3 is 14.0 Å². The van der Waals surface area contributed by atoms with E-state index in [1.165, 1.54) is 11.1 Å². The van der Waals surface area contributed by atoms with E-state index in [-0.39, 0.29) is 0 Å². The van der Waals surface area contributed by atoms with Gasteiger partial charge in [-0.25, -0.2) is 0 Å². The van der Waals surface area contributed by atoms with Crippen LogP contribution in [-0.2, 0) is 5.41 Å². The highest BCUT2D eigenvalue weighted by Gasteiger charge is 2.38. The topological polar surface area (TPSA) is 47.2 Å². The zero-order valence-corrected chi connectivity index (χ0v) is 27.9. The van der Waals surface area contributed by atoms with Crippen molar-refractivity contribution in [3.8, 4) is 34.4 Å². The van der Waals surface area contributed by atoms with E-state index >= 15 is 0 Å². The Morgan fingerprint density at radius 2 is 0.960 bits per heavy atom. The van der Waals surface area contributed by atoms with Gasteiger partial charge in [0.2, 0.25) is 0 Å². The largest absolute Gasteiger partial charge is 0.497 e. The Labute approximate surface area is 292 Å². The molecule has 7 aromatic carbocycles. The first kappa shape index (κ1) is 30.7. The number of hydrogen-bond acceptors (Lipinski definition) is 3. The summed E-state index contributed by atoms with van der Waals surface area (Å²) in [6, 6.07) is 61.7. The Bertz CT molecular complexity index is 2390. The molecular weight excluding hydrogens is 613 g/mol. The molecule has 0 fully saturated rings. The molecule has 4 nitrogen and oxygen atoms in total. The zero-order chi connectivity index (χ0) is 34.1. The molecule has 8 aromatic rings. The number of fused-ring (bicyclic) bond motifs is 3. The number of aromatic nitrogens is 1. The zero-order valence-electron chi connectivity index (χ0n) is 27.9.